The maximum atomic E-state index is 10.8. The molecule has 0 saturated heterocycles. The van der Waals surface area contributed by atoms with Gasteiger partial charge >= 0.3 is 0 Å². The lowest BCUT2D eigenvalue weighted by molar-refractivity contribution is -0.384. The van der Waals surface area contributed by atoms with Gasteiger partial charge in [0.15, 0.2) is 5.16 Å². The smallest absolute Gasteiger partial charge is 0.269 e. The van der Waals surface area contributed by atoms with E-state index in [4.69, 9.17) is 0 Å². The van der Waals surface area contributed by atoms with Crippen LogP contribution >= 0.6 is 11.8 Å². The summed E-state index contributed by atoms with van der Waals surface area (Å²) < 4.78 is 0. The number of rotatable bonds is 5. The molecule has 0 radical (unpaired) electrons. The van der Waals surface area contributed by atoms with Crippen LogP contribution in [-0.4, -0.2) is 14.9 Å². The average molecular weight is 311 g/mol. The Bertz CT molecular complexity index is 787. The van der Waals surface area contributed by atoms with Crippen LogP contribution in [0.25, 0.3) is 11.3 Å². The topological polar surface area (TPSA) is 71.8 Å². The first-order chi connectivity index (χ1) is 10.7. The summed E-state index contributed by atoms with van der Waals surface area (Å²) in [4.78, 5) is 18.0. The van der Waals surface area contributed by atoms with Crippen LogP contribution in [0.15, 0.2) is 66.0 Å². The van der Waals surface area contributed by atoms with Gasteiger partial charge in [0.1, 0.15) is 0 Å². The molecule has 3 rings (SSSR count). The molecule has 0 saturated carbocycles. The second kappa shape index (κ2) is 6.44. The van der Waals surface area contributed by atoms with E-state index in [0.717, 1.165) is 22.0 Å². The maximum absolute atomic E-state index is 10.8. The molecule has 1 heterocycles. The summed E-state index contributed by atoms with van der Waals surface area (Å²) in [7, 11) is 0. The summed E-state index contributed by atoms with van der Waals surface area (Å²) >= 11 is 1.52. The number of imidazole rings is 1. The monoisotopic (exact) mass is 311 g/mol. The van der Waals surface area contributed by atoms with Gasteiger partial charge in [-0.25, -0.2) is 4.98 Å². The van der Waals surface area contributed by atoms with Crippen molar-refractivity contribution in [3.05, 3.63) is 76.5 Å². The number of hydrogen-bond acceptors (Lipinski definition) is 4. The van der Waals surface area contributed by atoms with Gasteiger partial charge in [0.05, 0.1) is 16.8 Å². The first kappa shape index (κ1) is 14.3. The second-order valence-electron chi connectivity index (χ2n) is 4.68. The molecule has 0 bridgehead atoms. The van der Waals surface area contributed by atoms with Gasteiger partial charge in [-0.15, -0.1) is 0 Å². The molecular weight excluding hydrogens is 298 g/mol. The van der Waals surface area contributed by atoms with E-state index in [9.17, 15) is 10.1 Å². The van der Waals surface area contributed by atoms with Gasteiger partial charge < -0.3 is 4.98 Å². The normalized spacial score (nSPS) is 10.5. The van der Waals surface area contributed by atoms with Crippen molar-refractivity contribution in [2.75, 3.05) is 0 Å². The zero-order chi connectivity index (χ0) is 15.4. The van der Waals surface area contributed by atoms with Crippen LogP contribution in [-0.2, 0) is 5.75 Å². The zero-order valence-corrected chi connectivity index (χ0v) is 12.4. The third kappa shape index (κ3) is 3.35. The van der Waals surface area contributed by atoms with Crippen molar-refractivity contribution < 1.29 is 4.92 Å². The lowest BCUT2D eigenvalue weighted by Gasteiger charge is -2.00. The van der Waals surface area contributed by atoms with Crippen LogP contribution in [0.1, 0.15) is 5.56 Å². The summed E-state index contributed by atoms with van der Waals surface area (Å²) in [6, 6.07) is 16.6. The van der Waals surface area contributed by atoms with Crippen LogP contribution in [0.4, 0.5) is 5.69 Å². The molecule has 1 aromatic heterocycles. The van der Waals surface area contributed by atoms with Crippen molar-refractivity contribution >= 4 is 17.4 Å². The Morgan fingerprint density at radius 2 is 1.95 bits per heavy atom. The van der Waals surface area contributed by atoms with Crippen molar-refractivity contribution in [3.63, 3.8) is 0 Å². The summed E-state index contributed by atoms with van der Waals surface area (Å²) in [6.07, 6.45) is 1.80. The molecule has 3 aromatic rings. The Balaban J connectivity index is 1.69. The Hall–Kier alpha value is -2.60. The summed E-state index contributed by atoms with van der Waals surface area (Å²) in [5.74, 6) is 0.628. The van der Waals surface area contributed by atoms with E-state index in [1.54, 1.807) is 18.3 Å². The van der Waals surface area contributed by atoms with Crippen LogP contribution < -0.4 is 0 Å². The summed E-state index contributed by atoms with van der Waals surface area (Å²) in [6.45, 7) is 0. The average Bonchev–Trinajstić information content (AvgIpc) is 3.03. The van der Waals surface area contributed by atoms with E-state index in [0.29, 0.717) is 5.75 Å². The molecule has 0 aliphatic rings. The summed E-state index contributed by atoms with van der Waals surface area (Å²) in [5.41, 5.74) is 3.05. The molecule has 5 nitrogen and oxygen atoms in total. The molecular formula is C16H13N3O2S. The van der Waals surface area contributed by atoms with Gasteiger partial charge in [0.2, 0.25) is 0 Å². The minimum Gasteiger partial charge on any atom is -0.333 e. The van der Waals surface area contributed by atoms with Gasteiger partial charge in [-0.2, -0.15) is 0 Å². The number of nitrogens with one attached hydrogen (secondary N) is 1. The molecule has 0 atom stereocenters. The Kier molecular flexibility index (Phi) is 4.20. The molecule has 0 aliphatic carbocycles. The van der Waals surface area contributed by atoms with E-state index in [-0.39, 0.29) is 10.6 Å². The molecule has 0 unspecified atom stereocenters. The number of nitro benzene ring substituents is 1. The number of aromatic amines is 1. The Labute approximate surface area is 131 Å². The maximum Gasteiger partial charge on any atom is 0.269 e. The lowest BCUT2D eigenvalue weighted by Crippen LogP contribution is -1.89. The molecule has 0 fully saturated rings. The molecule has 6 heteroatoms. The minimum absolute atomic E-state index is 0.113. The SMILES string of the molecule is O=[N+]([O-])c1cccc(CSc2ncc(-c3ccccc3)[nH]2)c1. The predicted octanol–water partition coefficient (Wildman–Crippen LogP) is 4.28. The minimum atomic E-state index is -0.380. The van der Waals surface area contributed by atoms with Crippen molar-refractivity contribution in [3.8, 4) is 11.3 Å². The number of nitrogens with zero attached hydrogens (tertiary/aromatic N) is 2. The fourth-order valence-corrected chi connectivity index (χ4v) is 2.84. The number of non-ortho nitro benzene ring substituents is 1. The molecule has 22 heavy (non-hydrogen) atoms. The van der Waals surface area contributed by atoms with E-state index in [1.165, 1.54) is 17.8 Å². The summed E-state index contributed by atoms with van der Waals surface area (Å²) in [5, 5.41) is 11.6. The highest BCUT2D eigenvalue weighted by atomic mass is 32.2. The van der Waals surface area contributed by atoms with E-state index in [2.05, 4.69) is 9.97 Å². The number of benzene rings is 2. The van der Waals surface area contributed by atoms with Crippen LogP contribution in [0, 0.1) is 10.1 Å². The standard InChI is InChI=1S/C16H13N3O2S/c20-19(21)14-8-4-5-12(9-14)11-22-16-17-10-15(18-16)13-6-2-1-3-7-13/h1-10H,11H2,(H,17,18). The van der Waals surface area contributed by atoms with Crippen LogP contribution in [0.3, 0.4) is 0 Å². The fraction of sp³-hybridized carbons (Fsp3) is 0.0625. The molecule has 0 aliphatic heterocycles. The molecule has 0 amide bonds. The van der Waals surface area contributed by atoms with Crippen LogP contribution in [0.2, 0.25) is 0 Å². The van der Waals surface area contributed by atoms with Crippen molar-refractivity contribution in [2.24, 2.45) is 0 Å². The van der Waals surface area contributed by atoms with Crippen molar-refractivity contribution in [2.45, 2.75) is 10.9 Å². The lowest BCUT2D eigenvalue weighted by atomic mass is 10.2. The molecule has 0 spiro atoms. The quantitative estimate of drug-likeness (QED) is 0.434. The number of hydrogen-bond donors (Lipinski definition) is 1. The van der Waals surface area contributed by atoms with E-state index >= 15 is 0 Å². The van der Waals surface area contributed by atoms with Gasteiger partial charge in [-0.05, 0) is 11.1 Å². The molecule has 110 valence electrons. The van der Waals surface area contributed by atoms with Gasteiger partial charge in [-0.1, -0.05) is 54.2 Å². The Morgan fingerprint density at radius 1 is 1.14 bits per heavy atom. The zero-order valence-electron chi connectivity index (χ0n) is 11.6. The second-order valence-corrected chi connectivity index (χ2v) is 5.65. The highest BCUT2D eigenvalue weighted by Gasteiger charge is 2.07. The highest BCUT2D eigenvalue weighted by Crippen LogP contribution is 2.25. The molecule has 1 N–H and O–H groups in total. The first-order valence-electron chi connectivity index (χ1n) is 6.69. The van der Waals surface area contributed by atoms with E-state index in [1.807, 2.05) is 36.4 Å². The van der Waals surface area contributed by atoms with Gasteiger partial charge in [-0.3, -0.25) is 10.1 Å². The van der Waals surface area contributed by atoms with Crippen molar-refractivity contribution in [1.82, 2.24) is 9.97 Å². The predicted molar refractivity (Wildman–Crippen MR) is 86.7 cm³/mol. The number of nitro groups is 1. The van der Waals surface area contributed by atoms with E-state index < -0.39 is 0 Å². The number of aromatic nitrogens is 2. The third-order valence-electron chi connectivity index (χ3n) is 3.13. The van der Waals surface area contributed by atoms with Gasteiger partial charge in [0.25, 0.3) is 5.69 Å². The van der Waals surface area contributed by atoms with Crippen LogP contribution in [0.5, 0.6) is 0 Å². The van der Waals surface area contributed by atoms with Crippen molar-refractivity contribution in [1.29, 1.82) is 0 Å². The number of H-pyrrole nitrogens is 1. The van der Waals surface area contributed by atoms with Gasteiger partial charge in [0, 0.05) is 17.9 Å². The molecule has 2 aromatic carbocycles. The third-order valence-corrected chi connectivity index (χ3v) is 4.09. The first-order valence-corrected chi connectivity index (χ1v) is 7.67. The largest absolute Gasteiger partial charge is 0.333 e. The number of thioether (sulfide) groups is 1. The fourth-order valence-electron chi connectivity index (χ4n) is 2.05. The Morgan fingerprint density at radius 3 is 2.73 bits per heavy atom. The highest BCUT2D eigenvalue weighted by molar-refractivity contribution is 7.98.